The first-order valence-electron chi connectivity index (χ1n) is 11.6. The van der Waals surface area contributed by atoms with Crippen LogP contribution in [0.1, 0.15) is 16.8 Å². The van der Waals surface area contributed by atoms with Crippen LogP contribution in [0, 0.1) is 0 Å². The van der Waals surface area contributed by atoms with Gasteiger partial charge in [-0.2, -0.15) is 5.10 Å². The van der Waals surface area contributed by atoms with E-state index in [9.17, 15) is 14.4 Å². The van der Waals surface area contributed by atoms with Gasteiger partial charge < -0.3 is 20.4 Å². The van der Waals surface area contributed by atoms with Gasteiger partial charge in [-0.05, 0) is 29.3 Å². The van der Waals surface area contributed by atoms with Crippen molar-refractivity contribution in [2.75, 3.05) is 6.54 Å². The van der Waals surface area contributed by atoms with Gasteiger partial charge in [0.1, 0.15) is 12.6 Å². The first-order valence-corrected chi connectivity index (χ1v) is 11.6. The third-order valence-electron chi connectivity index (χ3n) is 5.42. The van der Waals surface area contributed by atoms with E-state index in [2.05, 4.69) is 31.1 Å². The second-order valence-corrected chi connectivity index (χ2v) is 8.09. The van der Waals surface area contributed by atoms with E-state index in [1.165, 1.54) is 6.21 Å². The fourth-order valence-electron chi connectivity index (χ4n) is 3.59. The number of hydrogen-bond acceptors (Lipinski definition) is 6. The van der Waals surface area contributed by atoms with Crippen LogP contribution in [0.4, 0.5) is 4.79 Å². The number of para-hydroxylation sites is 1. The quantitative estimate of drug-likeness (QED) is 0.197. The number of amides is 3. The van der Waals surface area contributed by atoms with Gasteiger partial charge in [-0.15, -0.1) is 0 Å². The van der Waals surface area contributed by atoms with Gasteiger partial charge in [0.25, 0.3) is 5.91 Å². The molecule has 4 aromatic rings. The van der Waals surface area contributed by atoms with Gasteiger partial charge >= 0.3 is 6.09 Å². The third kappa shape index (κ3) is 7.49. The minimum atomic E-state index is -0.979. The van der Waals surface area contributed by atoms with Crippen LogP contribution in [0.5, 0.6) is 0 Å². The van der Waals surface area contributed by atoms with E-state index in [1.54, 1.807) is 30.6 Å². The maximum absolute atomic E-state index is 13.0. The van der Waals surface area contributed by atoms with Crippen LogP contribution in [0.25, 0.3) is 10.9 Å². The van der Waals surface area contributed by atoms with E-state index in [4.69, 9.17) is 4.74 Å². The summed E-state index contributed by atoms with van der Waals surface area (Å²) in [5.41, 5.74) is 5.47. The molecule has 0 saturated carbocycles. The number of fused-ring (bicyclic) bond motifs is 1. The molecule has 1 atom stereocenters. The molecular formula is C27H26N6O4. The Kier molecular flexibility index (Phi) is 8.58. The van der Waals surface area contributed by atoms with Crippen molar-refractivity contribution >= 4 is 35.0 Å². The average Bonchev–Trinajstić information content (AvgIpc) is 3.34. The molecule has 3 amide bonds. The molecule has 188 valence electrons. The van der Waals surface area contributed by atoms with Crippen LogP contribution in [-0.2, 0) is 27.4 Å². The van der Waals surface area contributed by atoms with Crippen molar-refractivity contribution < 1.29 is 19.1 Å². The molecule has 0 radical (unpaired) electrons. The second kappa shape index (κ2) is 12.6. The van der Waals surface area contributed by atoms with Gasteiger partial charge in [0, 0.05) is 29.7 Å². The summed E-state index contributed by atoms with van der Waals surface area (Å²) in [6, 6.07) is 21.2. The predicted octanol–water partition coefficient (Wildman–Crippen LogP) is 2.67. The lowest BCUT2D eigenvalue weighted by molar-refractivity contribution is -0.127. The van der Waals surface area contributed by atoms with Gasteiger partial charge in [0.05, 0.1) is 18.5 Å². The number of rotatable bonds is 10. The van der Waals surface area contributed by atoms with Gasteiger partial charge in [-0.3, -0.25) is 14.6 Å². The number of carbonyl (C=O) groups is 3. The molecule has 2 heterocycles. The molecule has 10 heteroatoms. The highest BCUT2D eigenvalue weighted by Crippen LogP contribution is 2.19. The first-order chi connectivity index (χ1) is 18.1. The highest BCUT2D eigenvalue weighted by molar-refractivity contribution is 5.91. The number of pyridine rings is 1. The van der Waals surface area contributed by atoms with Crippen LogP contribution in [0.3, 0.4) is 0 Å². The number of benzene rings is 2. The molecule has 2 aromatic heterocycles. The fraction of sp³-hybridized carbons (Fsp3) is 0.148. The maximum Gasteiger partial charge on any atom is 0.408 e. The van der Waals surface area contributed by atoms with E-state index >= 15 is 0 Å². The lowest BCUT2D eigenvalue weighted by Crippen LogP contribution is -2.49. The summed E-state index contributed by atoms with van der Waals surface area (Å²) >= 11 is 0. The highest BCUT2D eigenvalue weighted by atomic mass is 16.5. The third-order valence-corrected chi connectivity index (χ3v) is 5.42. The van der Waals surface area contributed by atoms with Crippen LogP contribution >= 0.6 is 0 Å². The number of carbonyl (C=O) groups excluding carboxylic acids is 3. The zero-order valence-corrected chi connectivity index (χ0v) is 19.9. The number of nitrogens with zero attached hydrogens (tertiary/aromatic N) is 2. The number of H-pyrrole nitrogens is 1. The molecule has 10 nitrogen and oxygen atoms in total. The Hall–Kier alpha value is -4.99. The van der Waals surface area contributed by atoms with Gasteiger partial charge in [0.2, 0.25) is 5.91 Å². The Morgan fingerprint density at radius 2 is 1.78 bits per heavy atom. The zero-order chi connectivity index (χ0) is 25.9. The lowest BCUT2D eigenvalue weighted by atomic mass is 10.0. The summed E-state index contributed by atoms with van der Waals surface area (Å²) in [5.74, 6) is -1.07. The Bertz CT molecular complexity index is 1370. The minimum absolute atomic E-state index is 0.0603. The SMILES string of the molecule is O=C(CNC(=O)C(Cc1c[nH]c2ccccc12)NC(=O)OCc1ccccc1)N/N=C/c1ccccn1. The Morgan fingerprint density at radius 1 is 1.00 bits per heavy atom. The first kappa shape index (κ1) is 25.1. The Balaban J connectivity index is 1.37. The summed E-state index contributed by atoms with van der Waals surface area (Å²) in [5, 5.41) is 9.93. The van der Waals surface area contributed by atoms with E-state index in [0.717, 1.165) is 22.0 Å². The van der Waals surface area contributed by atoms with Crippen molar-refractivity contribution in [3.63, 3.8) is 0 Å². The summed E-state index contributed by atoms with van der Waals surface area (Å²) in [7, 11) is 0. The molecular weight excluding hydrogens is 472 g/mol. The van der Waals surface area contributed by atoms with Crippen molar-refractivity contribution in [2.24, 2.45) is 5.10 Å². The van der Waals surface area contributed by atoms with E-state index in [0.29, 0.717) is 5.69 Å². The number of aromatic nitrogens is 2. The van der Waals surface area contributed by atoms with E-state index < -0.39 is 23.9 Å². The average molecular weight is 499 g/mol. The van der Waals surface area contributed by atoms with Gasteiger partial charge in [0.15, 0.2) is 0 Å². The summed E-state index contributed by atoms with van der Waals surface area (Å²) < 4.78 is 5.29. The smallest absolute Gasteiger partial charge is 0.408 e. The standard InChI is InChI=1S/C27H26N6O4/c34-25(33-31-16-21-10-6-7-13-28-21)17-30-26(35)24(14-20-15-29-23-12-5-4-11-22(20)23)32-27(36)37-18-19-8-2-1-3-9-19/h1-13,15-16,24,29H,14,17-18H2,(H,30,35)(H,32,36)(H,33,34)/b31-16+. The molecule has 2 aromatic carbocycles. The number of ether oxygens (including phenoxy) is 1. The Labute approximate surface area is 213 Å². The zero-order valence-electron chi connectivity index (χ0n) is 19.9. The molecule has 0 saturated heterocycles. The van der Waals surface area contributed by atoms with Crippen molar-refractivity contribution in [2.45, 2.75) is 19.1 Å². The van der Waals surface area contributed by atoms with Crippen molar-refractivity contribution in [3.8, 4) is 0 Å². The summed E-state index contributed by atoms with van der Waals surface area (Å²) in [6.07, 6.45) is 4.24. The molecule has 0 bridgehead atoms. The van der Waals surface area contributed by atoms with Crippen LogP contribution in [0.2, 0.25) is 0 Å². The van der Waals surface area contributed by atoms with E-state index in [1.807, 2.05) is 54.6 Å². The van der Waals surface area contributed by atoms with Gasteiger partial charge in [-0.1, -0.05) is 54.6 Å². The van der Waals surface area contributed by atoms with Crippen LogP contribution < -0.4 is 16.1 Å². The van der Waals surface area contributed by atoms with Crippen LogP contribution in [-0.4, -0.2) is 46.7 Å². The number of nitrogens with one attached hydrogen (secondary N) is 4. The second-order valence-electron chi connectivity index (χ2n) is 8.09. The number of alkyl carbamates (subject to hydrolysis) is 1. The number of hydrogen-bond donors (Lipinski definition) is 4. The molecule has 0 aliphatic rings. The maximum atomic E-state index is 13.0. The topological polar surface area (TPSA) is 138 Å². The highest BCUT2D eigenvalue weighted by Gasteiger charge is 2.24. The van der Waals surface area contributed by atoms with E-state index in [-0.39, 0.29) is 19.6 Å². The fourth-order valence-corrected chi connectivity index (χ4v) is 3.59. The van der Waals surface area contributed by atoms with Crippen molar-refractivity contribution in [3.05, 3.63) is 102 Å². The summed E-state index contributed by atoms with van der Waals surface area (Å²) in [6.45, 7) is -0.270. The summed E-state index contributed by atoms with van der Waals surface area (Å²) in [4.78, 5) is 44.9. The predicted molar refractivity (Wildman–Crippen MR) is 139 cm³/mol. The minimum Gasteiger partial charge on any atom is -0.445 e. The molecule has 1 unspecified atom stereocenters. The van der Waals surface area contributed by atoms with Crippen molar-refractivity contribution in [1.29, 1.82) is 0 Å². The molecule has 4 N–H and O–H groups in total. The Morgan fingerprint density at radius 3 is 2.59 bits per heavy atom. The van der Waals surface area contributed by atoms with Crippen LogP contribution in [0.15, 0.2) is 90.3 Å². The molecule has 0 aliphatic carbocycles. The normalized spacial score (nSPS) is 11.7. The number of hydrazone groups is 1. The lowest BCUT2D eigenvalue weighted by Gasteiger charge is -2.18. The van der Waals surface area contributed by atoms with Crippen molar-refractivity contribution in [1.82, 2.24) is 26.0 Å². The number of aromatic amines is 1. The molecule has 37 heavy (non-hydrogen) atoms. The molecule has 0 spiro atoms. The largest absolute Gasteiger partial charge is 0.445 e. The monoisotopic (exact) mass is 498 g/mol. The van der Waals surface area contributed by atoms with Gasteiger partial charge in [-0.25, -0.2) is 10.2 Å². The molecule has 4 rings (SSSR count). The molecule has 0 aliphatic heterocycles. The molecule has 0 fully saturated rings.